The molecule has 114 valence electrons. The van der Waals surface area contributed by atoms with Gasteiger partial charge in [0, 0.05) is 26.2 Å². The Labute approximate surface area is 122 Å². The lowest BCUT2D eigenvalue weighted by atomic mass is 10.1. The van der Waals surface area contributed by atoms with Gasteiger partial charge in [0.2, 0.25) is 5.88 Å². The van der Waals surface area contributed by atoms with E-state index >= 15 is 0 Å². The number of hydrogen-bond acceptors (Lipinski definition) is 4. The summed E-state index contributed by atoms with van der Waals surface area (Å²) in [7, 11) is 3.63. The fourth-order valence-electron chi connectivity index (χ4n) is 3.03. The molecule has 5 heteroatoms. The van der Waals surface area contributed by atoms with E-state index in [1.807, 2.05) is 14.0 Å². The second-order valence-corrected chi connectivity index (χ2v) is 5.77. The van der Waals surface area contributed by atoms with Crippen LogP contribution in [-0.2, 0) is 13.6 Å². The fraction of sp³-hybridized carbons (Fsp3) is 0.800. The smallest absolute Gasteiger partial charge is 0.216 e. The molecular formula is C15H28N4O. The summed E-state index contributed by atoms with van der Waals surface area (Å²) in [6.07, 6.45) is 4.09. The van der Waals surface area contributed by atoms with Crippen LogP contribution in [0.1, 0.15) is 37.4 Å². The third-order valence-electron chi connectivity index (χ3n) is 4.24. The second kappa shape index (κ2) is 7.09. The molecule has 0 aromatic carbocycles. The summed E-state index contributed by atoms with van der Waals surface area (Å²) in [5, 5.41) is 7.96. The summed E-state index contributed by atoms with van der Waals surface area (Å²) in [5.74, 6) is 0.862. The Morgan fingerprint density at radius 1 is 1.30 bits per heavy atom. The van der Waals surface area contributed by atoms with Gasteiger partial charge in [-0.05, 0) is 39.8 Å². The molecule has 0 radical (unpaired) electrons. The summed E-state index contributed by atoms with van der Waals surface area (Å²) < 4.78 is 7.23. The molecule has 1 fully saturated rings. The molecule has 2 heterocycles. The van der Waals surface area contributed by atoms with Crippen LogP contribution in [0.4, 0.5) is 0 Å². The number of methoxy groups -OCH3 is 1. The number of nitrogens with one attached hydrogen (secondary N) is 1. The minimum absolute atomic E-state index is 0.596. The maximum absolute atomic E-state index is 5.42. The van der Waals surface area contributed by atoms with Crippen molar-refractivity contribution >= 4 is 0 Å². The number of ether oxygens (including phenoxy) is 1. The van der Waals surface area contributed by atoms with Crippen LogP contribution in [-0.4, -0.2) is 47.5 Å². The number of hydrogen-bond donors (Lipinski definition) is 1. The fourth-order valence-corrected chi connectivity index (χ4v) is 3.03. The molecule has 1 N–H and O–H groups in total. The summed E-state index contributed by atoms with van der Waals surface area (Å²) in [4.78, 5) is 2.59. The van der Waals surface area contributed by atoms with E-state index in [0.29, 0.717) is 6.04 Å². The van der Waals surface area contributed by atoms with Crippen molar-refractivity contribution in [2.75, 3.05) is 26.7 Å². The van der Waals surface area contributed by atoms with Crippen LogP contribution in [0.5, 0.6) is 5.88 Å². The number of aryl methyl sites for hydroxylation is 2. The van der Waals surface area contributed by atoms with Crippen LogP contribution >= 0.6 is 0 Å². The van der Waals surface area contributed by atoms with Gasteiger partial charge in [0.15, 0.2) is 0 Å². The molecule has 1 saturated heterocycles. The van der Waals surface area contributed by atoms with Gasteiger partial charge >= 0.3 is 0 Å². The van der Waals surface area contributed by atoms with Crippen LogP contribution in [0.2, 0.25) is 0 Å². The largest absolute Gasteiger partial charge is 0.481 e. The van der Waals surface area contributed by atoms with E-state index < -0.39 is 0 Å². The Hall–Kier alpha value is -1.07. The van der Waals surface area contributed by atoms with Gasteiger partial charge in [0.25, 0.3) is 0 Å². The number of likely N-dealkylation sites (tertiary alicyclic amines) is 1. The second-order valence-electron chi connectivity index (χ2n) is 5.77. The van der Waals surface area contributed by atoms with Crippen molar-refractivity contribution in [3.63, 3.8) is 0 Å². The van der Waals surface area contributed by atoms with E-state index in [1.54, 1.807) is 11.8 Å². The zero-order chi connectivity index (χ0) is 14.5. The Kier molecular flexibility index (Phi) is 5.43. The molecule has 0 spiro atoms. The first-order chi connectivity index (χ1) is 9.63. The van der Waals surface area contributed by atoms with E-state index in [-0.39, 0.29) is 0 Å². The van der Waals surface area contributed by atoms with Gasteiger partial charge in [-0.3, -0.25) is 4.90 Å². The molecule has 0 amide bonds. The predicted octanol–water partition coefficient (Wildman–Crippen LogP) is 1.70. The normalized spacial score (nSPS) is 18.2. The van der Waals surface area contributed by atoms with Crippen LogP contribution in [0.3, 0.4) is 0 Å². The molecule has 1 atom stereocenters. The molecule has 1 aromatic rings. The highest BCUT2D eigenvalue weighted by molar-refractivity contribution is 5.30. The van der Waals surface area contributed by atoms with E-state index in [2.05, 4.69) is 22.2 Å². The number of nitrogens with zero attached hydrogens (tertiary/aromatic N) is 3. The third-order valence-corrected chi connectivity index (χ3v) is 4.24. The van der Waals surface area contributed by atoms with Crippen LogP contribution in [0.25, 0.3) is 0 Å². The molecule has 2 rings (SSSR count). The maximum Gasteiger partial charge on any atom is 0.216 e. The van der Waals surface area contributed by atoms with Crippen LogP contribution in [0.15, 0.2) is 0 Å². The van der Waals surface area contributed by atoms with Gasteiger partial charge < -0.3 is 10.1 Å². The number of rotatable bonds is 6. The number of piperidine rings is 1. The van der Waals surface area contributed by atoms with Crippen LogP contribution < -0.4 is 10.1 Å². The lowest BCUT2D eigenvalue weighted by Gasteiger charge is -2.32. The summed E-state index contributed by atoms with van der Waals surface area (Å²) in [5.41, 5.74) is 2.21. The maximum atomic E-state index is 5.42. The van der Waals surface area contributed by atoms with Gasteiger partial charge in [-0.1, -0.05) is 6.42 Å². The van der Waals surface area contributed by atoms with Crippen molar-refractivity contribution in [3.8, 4) is 5.88 Å². The molecule has 0 aliphatic carbocycles. The number of aromatic nitrogens is 2. The van der Waals surface area contributed by atoms with Crippen molar-refractivity contribution < 1.29 is 4.74 Å². The van der Waals surface area contributed by atoms with Crippen molar-refractivity contribution in [2.45, 2.75) is 45.7 Å². The van der Waals surface area contributed by atoms with E-state index in [9.17, 15) is 0 Å². The van der Waals surface area contributed by atoms with Crippen LogP contribution in [0, 0.1) is 6.92 Å². The van der Waals surface area contributed by atoms with Gasteiger partial charge in [0.1, 0.15) is 0 Å². The molecule has 0 bridgehead atoms. The Bertz CT molecular complexity index is 424. The standard InChI is InChI=1S/C15H28N4O/c1-12(19-8-6-5-7-9-19)10-16-11-14-13(2)17-18(3)15(14)20-4/h12,16H,5-11H2,1-4H3. The highest BCUT2D eigenvalue weighted by atomic mass is 16.5. The zero-order valence-corrected chi connectivity index (χ0v) is 13.3. The van der Waals surface area contributed by atoms with Gasteiger partial charge in [-0.15, -0.1) is 0 Å². The molecule has 20 heavy (non-hydrogen) atoms. The Morgan fingerprint density at radius 2 is 2.00 bits per heavy atom. The summed E-state index contributed by atoms with van der Waals surface area (Å²) in [6.45, 7) is 8.67. The van der Waals surface area contributed by atoms with Crippen molar-refractivity contribution in [1.29, 1.82) is 0 Å². The van der Waals surface area contributed by atoms with Crippen molar-refractivity contribution in [1.82, 2.24) is 20.0 Å². The van der Waals surface area contributed by atoms with E-state index in [4.69, 9.17) is 4.74 Å². The minimum Gasteiger partial charge on any atom is -0.481 e. The molecule has 1 aliphatic rings. The topological polar surface area (TPSA) is 42.3 Å². The minimum atomic E-state index is 0.596. The lowest BCUT2D eigenvalue weighted by Crippen LogP contribution is -2.43. The molecule has 1 aliphatic heterocycles. The Morgan fingerprint density at radius 3 is 2.65 bits per heavy atom. The van der Waals surface area contributed by atoms with E-state index in [1.165, 1.54) is 37.9 Å². The van der Waals surface area contributed by atoms with Gasteiger partial charge in [0.05, 0.1) is 18.4 Å². The lowest BCUT2D eigenvalue weighted by molar-refractivity contribution is 0.170. The van der Waals surface area contributed by atoms with E-state index in [0.717, 1.165) is 24.7 Å². The third kappa shape index (κ3) is 3.52. The SMILES string of the molecule is COc1c(CNCC(C)N2CCCCC2)c(C)nn1C. The first-order valence-corrected chi connectivity index (χ1v) is 7.64. The average Bonchev–Trinajstić information content (AvgIpc) is 2.73. The predicted molar refractivity (Wildman–Crippen MR) is 81.1 cm³/mol. The summed E-state index contributed by atoms with van der Waals surface area (Å²) in [6, 6.07) is 0.596. The first kappa shape index (κ1) is 15.3. The first-order valence-electron chi connectivity index (χ1n) is 7.64. The van der Waals surface area contributed by atoms with Gasteiger partial charge in [-0.25, -0.2) is 4.68 Å². The Balaban J connectivity index is 1.83. The molecule has 5 nitrogen and oxygen atoms in total. The van der Waals surface area contributed by atoms with Crippen molar-refractivity contribution in [2.24, 2.45) is 7.05 Å². The quantitative estimate of drug-likeness (QED) is 0.861. The molecule has 0 saturated carbocycles. The summed E-state index contributed by atoms with van der Waals surface area (Å²) >= 11 is 0. The molecule has 1 unspecified atom stereocenters. The van der Waals surface area contributed by atoms with Crippen molar-refractivity contribution in [3.05, 3.63) is 11.3 Å². The average molecular weight is 280 g/mol. The van der Waals surface area contributed by atoms with Gasteiger partial charge in [-0.2, -0.15) is 5.10 Å². The highest BCUT2D eigenvalue weighted by Gasteiger charge is 2.17. The monoisotopic (exact) mass is 280 g/mol. The zero-order valence-electron chi connectivity index (χ0n) is 13.3. The molecule has 1 aromatic heterocycles. The highest BCUT2D eigenvalue weighted by Crippen LogP contribution is 2.20. The molecular weight excluding hydrogens is 252 g/mol.